The minimum absolute atomic E-state index is 0.0209. The smallest absolute Gasteiger partial charge is 0.225 e. The maximum atomic E-state index is 11.8. The second-order valence-corrected chi connectivity index (χ2v) is 12.8. The third-order valence-electron chi connectivity index (χ3n) is 7.65. The van der Waals surface area contributed by atoms with Crippen molar-refractivity contribution >= 4 is 16.0 Å². The Morgan fingerprint density at radius 3 is 2.25 bits per heavy atom. The van der Waals surface area contributed by atoms with Gasteiger partial charge < -0.3 is 9.64 Å². The van der Waals surface area contributed by atoms with Gasteiger partial charge in [-0.2, -0.15) is 0 Å². The third kappa shape index (κ3) is 4.97. The van der Waals surface area contributed by atoms with E-state index in [0.29, 0.717) is 25.6 Å². The quantitative estimate of drug-likeness (QED) is 0.479. The average molecular weight is 507 g/mol. The highest BCUT2D eigenvalue weighted by molar-refractivity contribution is 7.88. The number of benzene rings is 2. The van der Waals surface area contributed by atoms with E-state index < -0.39 is 10.0 Å². The summed E-state index contributed by atoms with van der Waals surface area (Å²) in [4.78, 5) is 11.3. The first-order valence-electron chi connectivity index (χ1n) is 12.4. The fourth-order valence-electron chi connectivity index (χ4n) is 5.18. The zero-order chi connectivity index (χ0) is 25.6. The molecule has 2 aliphatic heterocycles. The van der Waals surface area contributed by atoms with Crippen LogP contribution >= 0.6 is 0 Å². The predicted octanol–water partition coefficient (Wildman–Crippen LogP) is 4.16. The molecule has 190 valence electrons. The van der Waals surface area contributed by atoms with Crippen LogP contribution in [0.15, 0.2) is 60.8 Å². The number of aryl methyl sites for hydroxylation is 1. The van der Waals surface area contributed by atoms with E-state index in [4.69, 9.17) is 9.72 Å². The van der Waals surface area contributed by atoms with Crippen LogP contribution in [0.5, 0.6) is 5.75 Å². The number of hydrogen-bond acceptors (Lipinski definition) is 6. The number of sulfonamides is 1. The molecule has 5 rings (SSSR count). The van der Waals surface area contributed by atoms with Crippen LogP contribution in [0, 0.1) is 12.3 Å². The van der Waals surface area contributed by atoms with Crippen molar-refractivity contribution in [2.24, 2.45) is 5.41 Å². The van der Waals surface area contributed by atoms with Crippen LogP contribution in [0.1, 0.15) is 42.7 Å². The fourth-order valence-corrected chi connectivity index (χ4v) is 6.20. The lowest BCUT2D eigenvalue weighted by molar-refractivity contribution is 0.0943. The zero-order valence-corrected chi connectivity index (χ0v) is 22.3. The first-order chi connectivity index (χ1) is 17.0. The highest BCUT2D eigenvalue weighted by atomic mass is 32.2. The summed E-state index contributed by atoms with van der Waals surface area (Å²) in [6.07, 6.45) is 3.99. The molecule has 2 aromatic carbocycles. The van der Waals surface area contributed by atoms with E-state index in [1.54, 1.807) is 10.5 Å². The van der Waals surface area contributed by atoms with Gasteiger partial charge in [0, 0.05) is 43.2 Å². The molecule has 36 heavy (non-hydrogen) atoms. The molecule has 3 heterocycles. The highest BCUT2D eigenvalue weighted by Gasteiger charge is 2.51. The molecule has 3 aromatic rings. The Morgan fingerprint density at radius 1 is 0.972 bits per heavy atom. The van der Waals surface area contributed by atoms with E-state index in [-0.39, 0.29) is 10.8 Å². The van der Waals surface area contributed by atoms with Crippen molar-refractivity contribution in [2.45, 2.75) is 39.2 Å². The summed E-state index contributed by atoms with van der Waals surface area (Å²) in [5.74, 6) is 1.48. The van der Waals surface area contributed by atoms with Gasteiger partial charge in [0.25, 0.3) is 0 Å². The highest BCUT2D eigenvalue weighted by Crippen LogP contribution is 2.41. The summed E-state index contributed by atoms with van der Waals surface area (Å²) in [5, 5.41) is 0. The molecule has 0 atom stereocenters. The van der Waals surface area contributed by atoms with Crippen molar-refractivity contribution in [3.05, 3.63) is 83.2 Å². The maximum Gasteiger partial charge on any atom is 0.225 e. The first-order valence-corrected chi connectivity index (χ1v) is 14.2. The van der Waals surface area contributed by atoms with Crippen molar-refractivity contribution < 1.29 is 13.2 Å². The Bertz CT molecular complexity index is 1330. The monoisotopic (exact) mass is 506 g/mol. The van der Waals surface area contributed by atoms with Crippen molar-refractivity contribution in [3.8, 4) is 5.75 Å². The molecule has 0 saturated carbocycles. The molecule has 2 saturated heterocycles. The Morgan fingerprint density at radius 2 is 1.61 bits per heavy atom. The van der Waals surface area contributed by atoms with Crippen molar-refractivity contribution in [2.75, 3.05) is 37.3 Å². The molecule has 0 unspecified atom stereocenters. The topological polar surface area (TPSA) is 75.6 Å². The minimum Gasteiger partial charge on any atom is -0.487 e. The van der Waals surface area contributed by atoms with Crippen molar-refractivity contribution in [3.63, 3.8) is 0 Å². The van der Waals surface area contributed by atoms with Gasteiger partial charge in [0.2, 0.25) is 16.0 Å². The Balaban J connectivity index is 1.19. The molecule has 0 aliphatic carbocycles. The summed E-state index contributed by atoms with van der Waals surface area (Å²) >= 11 is 0. The largest absolute Gasteiger partial charge is 0.487 e. The average Bonchev–Trinajstić information content (AvgIpc) is 3.28. The Labute approximate surface area is 214 Å². The molecule has 2 fully saturated rings. The maximum absolute atomic E-state index is 11.8. The Hall–Kier alpha value is -2.97. The third-order valence-corrected chi connectivity index (χ3v) is 8.85. The lowest BCUT2D eigenvalue weighted by atomic mass is 9.78. The molecule has 0 amide bonds. The number of hydrogen-bond donors (Lipinski definition) is 0. The van der Waals surface area contributed by atoms with E-state index in [9.17, 15) is 8.42 Å². The van der Waals surface area contributed by atoms with E-state index >= 15 is 0 Å². The second-order valence-electron chi connectivity index (χ2n) is 10.9. The molecule has 1 aromatic heterocycles. The van der Waals surface area contributed by atoms with Crippen LogP contribution in [-0.4, -0.2) is 55.1 Å². The number of anilines is 1. The summed E-state index contributed by atoms with van der Waals surface area (Å²) in [5.41, 5.74) is 4.52. The first kappa shape index (κ1) is 24.7. The van der Waals surface area contributed by atoms with Gasteiger partial charge in [-0.1, -0.05) is 55.8 Å². The summed E-state index contributed by atoms with van der Waals surface area (Å²) in [6.45, 7) is 9.72. The molecule has 0 N–H and O–H groups in total. The van der Waals surface area contributed by atoms with Crippen LogP contribution in [0.25, 0.3) is 0 Å². The predicted molar refractivity (Wildman–Crippen MR) is 142 cm³/mol. The summed E-state index contributed by atoms with van der Waals surface area (Å²) in [7, 11) is -3.11. The van der Waals surface area contributed by atoms with Gasteiger partial charge in [0.1, 0.15) is 12.4 Å². The molecular weight excluding hydrogens is 472 g/mol. The number of aromatic nitrogens is 2. The standard InChI is InChI=1S/C28H34N4O3S/c1-21-5-7-22(8-6-21)27(2,3)23-9-11-25(12-10-23)35-17-24-13-15-29-26(30-24)31-16-14-28(18-31)19-32(20-28)36(4,33)34/h5-13,15H,14,16-20H2,1-4H3. The van der Waals surface area contributed by atoms with Crippen LogP contribution in [0.3, 0.4) is 0 Å². The van der Waals surface area contributed by atoms with Crippen LogP contribution in [0.4, 0.5) is 5.95 Å². The van der Waals surface area contributed by atoms with Gasteiger partial charge in [-0.3, -0.25) is 0 Å². The van der Waals surface area contributed by atoms with Crippen LogP contribution < -0.4 is 9.64 Å². The van der Waals surface area contributed by atoms with E-state index in [0.717, 1.165) is 31.0 Å². The summed E-state index contributed by atoms with van der Waals surface area (Å²) < 4.78 is 31.1. The number of ether oxygens (including phenoxy) is 1. The molecule has 8 heteroatoms. The number of nitrogens with zero attached hydrogens (tertiary/aromatic N) is 4. The lowest BCUT2D eigenvalue weighted by Crippen LogP contribution is -2.59. The van der Waals surface area contributed by atoms with Gasteiger partial charge in [0.15, 0.2) is 0 Å². The Kier molecular flexibility index (Phi) is 6.29. The summed E-state index contributed by atoms with van der Waals surface area (Å²) in [6, 6.07) is 18.9. The molecule has 7 nitrogen and oxygen atoms in total. The van der Waals surface area contributed by atoms with Crippen molar-refractivity contribution in [1.29, 1.82) is 0 Å². The minimum atomic E-state index is -3.11. The van der Waals surface area contributed by atoms with E-state index in [2.05, 4.69) is 67.1 Å². The van der Waals surface area contributed by atoms with Crippen molar-refractivity contribution in [1.82, 2.24) is 14.3 Å². The SMILES string of the molecule is Cc1ccc(C(C)(C)c2ccc(OCc3ccnc(N4CCC5(C4)CN(S(C)(=O)=O)C5)n3)cc2)cc1. The van der Waals surface area contributed by atoms with E-state index in [1.165, 1.54) is 22.9 Å². The van der Waals surface area contributed by atoms with Crippen LogP contribution in [0.2, 0.25) is 0 Å². The molecule has 0 radical (unpaired) electrons. The molecular formula is C28H34N4O3S. The van der Waals surface area contributed by atoms with E-state index in [1.807, 2.05) is 18.2 Å². The fraction of sp³-hybridized carbons (Fsp3) is 0.429. The van der Waals surface area contributed by atoms with Gasteiger partial charge >= 0.3 is 0 Å². The van der Waals surface area contributed by atoms with Gasteiger partial charge in [-0.25, -0.2) is 22.7 Å². The van der Waals surface area contributed by atoms with Crippen LogP contribution in [-0.2, 0) is 22.0 Å². The number of rotatable bonds is 7. The second kappa shape index (κ2) is 9.16. The molecule has 0 bridgehead atoms. The zero-order valence-electron chi connectivity index (χ0n) is 21.4. The van der Waals surface area contributed by atoms with Gasteiger partial charge in [0.05, 0.1) is 11.9 Å². The molecule has 2 aliphatic rings. The van der Waals surface area contributed by atoms with Gasteiger partial charge in [-0.15, -0.1) is 0 Å². The molecule has 1 spiro atoms. The normalized spacial score (nSPS) is 17.8. The van der Waals surface area contributed by atoms with Gasteiger partial charge in [-0.05, 0) is 42.7 Å². The lowest BCUT2D eigenvalue weighted by Gasteiger charge is -2.46.